The normalized spacial score (nSPS) is 25.4. The quantitative estimate of drug-likeness (QED) is 0.853. The summed E-state index contributed by atoms with van der Waals surface area (Å²) in [6.07, 6.45) is 3.90. The van der Waals surface area contributed by atoms with Crippen LogP contribution in [0, 0.1) is 11.8 Å². The molecule has 0 spiro atoms. The number of aromatic amines is 1. The molecule has 1 aromatic carbocycles. The van der Waals surface area contributed by atoms with Gasteiger partial charge in [-0.2, -0.15) is 0 Å². The zero-order valence-corrected chi connectivity index (χ0v) is 12.0. The summed E-state index contributed by atoms with van der Waals surface area (Å²) in [6, 6.07) is 7.65. The van der Waals surface area contributed by atoms with Gasteiger partial charge in [-0.3, -0.25) is 4.79 Å². The number of carbonyl (C=O) groups excluding carboxylic acids is 1. The second-order valence-electron chi connectivity index (χ2n) is 6.05. The van der Waals surface area contributed by atoms with Crippen molar-refractivity contribution in [3.05, 3.63) is 35.0 Å². The van der Waals surface area contributed by atoms with Crippen molar-refractivity contribution >= 4 is 28.4 Å². The summed E-state index contributed by atoms with van der Waals surface area (Å²) in [7, 11) is 0. The summed E-state index contributed by atoms with van der Waals surface area (Å²) in [5.41, 5.74) is 1.52. The van der Waals surface area contributed by atoms with Crippen molar-refractivity contribution in [2.24, 2.45) is 11.8 Å². The molecule has 2 unspecified atom stereocenters. The smallest absolute Gasteiger partial charge is 0.270 e. The highest BCUT2D eigenvalue weighted by atomic mass is 35.5. The average molecular weight is 289 g/mol. The lowest BCUT2D eigenvalue weighted by Crippen LogP contribution is -2.29. The van der Waals surface area contributed by atoms with Crippen molar-refractivity contribution in [3.63, 3.8) is 0 Å². The Hall–Kier alpha value is -1.48. The molecular weight excluding hydrogens is 272 g/mol. The van der Waals surface area contributed by atoms with Crippen LogP contribution < -0.4 is 0 Å². The number of hydrogen-bond acceptors (Lipinski definition) is 1. The molecule has 1 amide bonds. The Morgan fingerprint density at radius 2 is 2.00 bits per heavy atom. The molecule has 1 saturated heterocycles. The first kappa shape index (κ1) is 12.3. The van der Waals surface area contributed by atoms with Gasteiger partial charge in [0.1, 0.15) is 5.69 Å². The van der Waals surface area contributed by atoms with Crippen LogP contribution in [0.25, 0.3) is 10.9 Å². The number of rotatable bonds is 1. The number of para-hydroxylation sites is 1. The number of fused-ring (bicyclic) bond motifs is 2. The van der Waals surface area contributed by atoms with Crippen LogP contribution in [0.15, 0.2) is 24.3 Å². The highest BCUT2D eigenvalue weighted by molar-refractivity contribution is 6.35. The Labute approximate surface area is 122 Å². The van der Waals surface area contributed by atoms with Gasteiger partial charge >= 0.3 is 0 Å². The van der Waals surface area contributed by atoms with Gasteiger partial charge in [0.15, 0.2) is 0 Å². The third-order valence-corrected chi connectivity index (χ3v) is 5.16. The monoisotopic (exact) mass is 288 g/mol. The molecule has 2 aromatic rings. The number of hydrogen-bond donors (Lipinski definition) is 1. The first-order chi connectivity index (χ1) is 9.72. The van der Waals surface area contributed by atoms with Gasteiger partial charge in [-0.05, 0) is 36.8 Å². The Kier molecular flexibility index (Phi) is 2.77. The van der Waals surface area contributed by atoms with Gasteiger partial charge in [-0.15, -0.1) is 0 Å². The van der Waals surface area contributed by atoms with Gasteiger partial charge in [-0.1, -0.05) is 30.2 Å². The van der Waals surface area contributed by atoms with Gasteiger partial charge < -0.3 is 9.88 Å². The molecule has 2 fully saturated rings. The summed E-state index contributed by atoms with van der Waals surface area (Å²) in [4.78, 5) is 17.8. The molecule has 1 N–H and O–H groups in total. The lowest BCUT2D eigenvalue weighted by molar-refractivity contribution is 0.0776. The van der Waals surface area contributed by atoms with E-state index in [1.54, 1.807) is 0 Å². The van der Waals surface area contributed by atoms with Crippen LogP contribution in [-0.4, -0.2) is 28.9 Å². The Balaban J connectivity index is 1.63. The Morgan fingerprint density at radius 3 is 2.70 bits per heavy atom. The average Bonchev–Trinajstić information content (AvgIpc) is 3.11. The number of H-pyrrole nitrogens is 1. The number of amides is 1. The fourth-order valence-electron chi connectivity index (χ4n) is 3.81. The third-order valence-electron chi connectivity index (χ3n) is 4.85. The zero-order chi connectivity index (χ0) is 13.7. The maximum absolute atomic E-state index is 12.6. The molecule has 20 heavy (non-hydrogen) atoms. The van der Waals surface area contributed by atoms with Gasteiger partial charge in [0.05, 0.1) is 10.5 Å². The van der Waals surface area contributed by atoms with E-state index < -0.39 is 0 Å². The standard InChI is InChI=1S/C16H17ClN2O/c17-13-6-2-3-10-7-14(18-15(10)13)16(20)19-8-11-4-1-5-12(11)9-19/h2-3,6-7,11-12,18H,1,4-5,8-9H2. The summed E-state index contributed by atoms with van der Waals surface area (Å²) in [5, 5.41) is 1.67. The molecule has 1 aliphatic carbocycles. The van der Waals surface area contributed by atoms with Crippen LogP contribution in [0.4, 0.5) is 0 Å². The largest absolute Gasteiger partial charge is 0.349 e. The number of carbonyl (C=O) groups is 1. The van der Waals surface area contributed by atoms with Crippen LogP contribution in [-0.2, 0) is 0 Å². The van der Waals surface area contributed by atoms with E-state index in [2.05, 4.69) is 4.98 Å². The predicted molar refractivity (Wildman–Crippen MR) is 80.0 cm³/mol. The molecule has 4 rings (SSSR count). The molecule has 0 radical (unpaired) electrons. The molecule has 2 atom stereocenters. The number of nitrogens with one attached hydrogen (secondary N) is 1. The molecule has 1 saturated carbocycles. The van der Waals surface area contributed by atoms with E-state index in [0.717, 1.165) is 35.8 Å². The second kappa shape index (κ2) is 4.52. The van der Waals surface area contributed by atoms with Gasteiger partial charge in [-0.25, -0.2) is 0 Å². The van der Waals surface area contributed by atoms with Crippen molar-refractivity contribution in [3.8, 4) is 0 Å². The van der Waals surface area contributed by atoms with Crippen molar-refractivity contribution in [1.29, 1.82) is 0 Å². The Morgan fingerprint density at radius 1 is 1.25 bits per heavy atom. The van der Waals surface area contributed by atoms with Crippen LogP contribution >= 0.6 is 11.6 Å². The first-order valence-corrected chi connectivity index (χ1v) is 7.66. The fraction of sp³-hybridized carbons (Fsp3) is 0.438. The van der Waals surface area contributed by atoms with Crippen molar-refractivity contribution in [2.75, 3.05) is 13.1 Å². The minimum Gasteiger partial charge on any atom is -0.349 e. The van der Waals surface area contributed by atoms with Crippen LogP contribution in [0.2, 0.25) is 5.02 Å². The van der Waals surface area contributed by atoms with Crippen LogP contribution in [0.5, 0.6) is 0 Å². The molecule has 3 nitrogen and oxygen atoms in total. The summed E-state index contributed by atoms with van der Waals surface area (Å²) in [5.74, 6) is 1.57. The molecule has 2 heterocycles. The van der Waals surface area contributed by atoms with E-state index in [0.29, 0.717) is 10.7 Å². The molecular formula is C16H17ClN2O. The molecule has 4 heteroatoms. The number of likely N-dealkylation sites (tertiary alicyclic amines) is 1. The minimum absolute atomic E-state index is 0.117. The minimum atomic E-state index is 0.117. The maximum atomic E-state index is 12.6. The lowest BCUT2D eigenvalue weighted by atomic mass is 10.0. The van der Waals surface area contributed by atoms with Crippen molar-refractivity contribution in [1.82, 2.24) is 9.88 Å². The highest BCUT2D eigenvalue weighted by Gasteiger charge is 2.38. The molecule has 1 aliphatic heterocycles. The molecule has 104 valence electrons. The highest BCUT2D eigenvalue weighted by Crippen LogP contribution is 2.38. The van der Waals surface area contributed by atoms with E-state index in [4.69, 9.17) is 11.6 Å². The Bertz CT molecular complexity index is 666. The van der Waals surface area contributed by atoms with Crippen molar-refractivity contribution in [2.45, 2.75) is 19.3 Å². The third kappa shape index (κ3) is 1.84. The zero-order valence-electron chi connectivity index (χ0n) is 11.2. The van der Waals surface area contributed by atoms with E-state index in [9.17, 15) is 4.79 Å². The predicted octanol–water partition coefficient (Wildman–Crippen LogP) is 3.69. The molecule has 2 aliphatic rings. The van der Waals surface area contributed by atoms with Crippen LogP contribution in [0.1, 0.15) is 29.8 Å². The summed E-state index contributed by atoms with van der Waals surface area (Å²) < 4.78 is 0. The lowest BCUT2D eigenvalue weighted by Gasteiger charge is -2.16. The number of benzene rings is 1. The summed E-state index contributed by atoms with van der Waals surface area (Å²) in [6.45, 7) is 1.85. The van der Waals surface area contributed by atoms with Crippen molar-refractivity contribution < 1.29 is 4.79 Å². The SMILES string of the molecule is O=C(c1cc2cccc(Cl)c2[nH]1)N1CC2CCCC2C1. The number of nitrogens with zero attached hydrogens (tertiary/aromatic N) is 1. The van der Waals surface area contributed by atoms with E-state index in [-0.39, 0.29) is 5.91 Å². The first-order valence-electron chi connectivity index (χ1n) is 7.29. The maximum Gasteiger partial charge on any atom is 0.270 e. The number of halogens is 1. The molecule has 1 aromatic heterocycles. The van der Waals surface area contributed by atoms with Gasteiger partial charge in [0, 0.05) is 18.5 Å². The van der Waals surface area contributed by atoms with Gasteiger partial charge in [0.25, 0.3) is 5.91 Å². The fourth-order valence-corrected chi connectivity index (χ4v) is 4.03. The van der Waals surface area contributed by atoms with Crippen LogP contribution in [0.3, 0.4) is 0 Å². The van der Waals surface area contributed by atoms with Gasteiger partial charge in [0.2, 0.25) is 0 Å². The van der Waals surface area contributed by atoms with E-state index in [1.165, 1.54) is 19.3 Å². The van der Waals surface area contributed by atoms with E-state index >= 15 is 0 Å². The second-order valence-corrected chi connectivity index (χ2v) is 6.46. The summed E-state index contributed by atoms with van der Waals surface area (Å²) >= 11 is 6.16. The number of aromatic nitrogens is 1. The topological polar surface area (TPSA) is 36.1 Å². The van der Waals surface area contributed by atoms with E-state index in [1.807, 2.05) is 29.2 Å². The molecule has 0 bridgehead atoms.